The number of nitrogens with zero attached hydrogens (tertiary/aromatic N) is 1. The third-order valence-corrected chi connectivity index (χ3v) is 5.29. The van der Waals surface area contributed by atoms with Crippen LogP contribution in [-0.2, 0) is 0 Å². The van der Waals surface area contributed by atoms with E-state index in [4.69, 9.17) is 0 Å². The van der Waals surface area contributed by atoms with E-state index in [1.807, 2.05) is 28.7 Å². The molecule has 0 saturated carbocycles. The van der Waals surface area contributed by atoms with Gasteiger partial charge in [-0.25, -0.2) is 0 Å². The summed E-state index contributed by atoms with van der Waals surface area (Å²) in [6.45, 7) is 3.44. The van der Waals surface area contributed by atoms with Gasteiger partial charge in [0.2, 0.25) is 0 Å². The van der Waals surface area contributed by atoms with E-state index in [-0.39, 0.29) is 18.3 Å². The second-order valence-corrected chi connectivity index (χ2v) is 7.94. The minimum absolute atomic E-state index is 0.0387. The van der Waals surface area contributed by atoms with Gasteiger partial charge in [-0.2, -0.15) is 0 Å². The molecule has 1 unspecified atom stereocenters. The van der Waals surface area contributed by atoms with Crippen molar-refractivity contribution < 1.29 is 15.0 Å². The van der Waals surface area contributed by atoms with Crippen LogP contribution in [0, 0.1) is 13.1 Å². The number of aliphatic hydroxyl groups excluding tert-OH is 1. The number of rotatable bonds is 5. The first-order valence-electron chi connectivity index (χ1n) is 7.30. The number of nitrogens with one attached hydrogen (secondary N) is 1. The number of phenolic OH excluding ortho intramolecular Hbond substituents is 1. The Bertz CT molecular complexity index is 540. The lowest BCUT2D eigenvalue weighted by molar-refractivity contribution is 0.0928. The van der Waals surface area contributed by atoms with E-state index in [0.717, 1.165) is 36.0 Å². The number of likely N-dealkylation sites (tertiary alicyclic amines) is 1. The Hall–Kier alpha value is -0.130. The Morgan fingerprint density at radius 1 is 1.41 bits per heavy atom. The van der Waals surface area contributed by atoms with Crippen molar-refractivity contribution in [2.24, 2.45) is 5.92 Å². The molecular weight excluding hydrogens is 510 g/mol. The van der Waals surface area contributed by atoms with E-state index in [9.17, 15) is 15.0 Å². The number of phenols is 1. The molecule has 1 aromatic carbocycles. The molecule has 1 saturated heterocycles. The molecule has 0 aliphatic carbocycles. The van der Waals surface area contributed by atoms with E-state index in [2.05, 4.69) is 32.8 Å². The third kappa shape index (κ3) is 4.93. The number of benzene rings is 1. The zero-order valence-corrected chi connectivity index (χ0v) is 16.5. The van der Waals surface area contributed by atoms with Gasteiger partial charge < -0.3 is 20.4 Å². The van der Waals surface area contributed by atoms with Gasteiger partial charge in [-0.05, 0) is 82.6 Å². The Morgan fingerprint density at radius 2 is 2.18 bits per heavy atom. The predicted molar refractivity (Wildman–Crippen MR) is 102 cm³/mol. The van der Waals surface area contributed by atoms with Crippen LogP contribution in [0.4, 0.5) is 0 Å². The average Bonchev–Trinajstić information content (AvgIpc) is 2.51. The Morgan fingerprint density at radius 3 is 2.91 bits per heavy atom. The van der Waals surface area contributed by atoms with Crippen LogP contribution in [-0.4, -0.2) is 53.8 Å². The van der Waals surface area contributed by atoms with Crippen molar-refractivity contribution in [1.29, 1.82) is 0 Å². The van der Waals surface area contributed by atoms with Gasteiger partial charge >= 0.3 is 0 Å². The van der Waals surface area contributed by atoms with Gasteiger partial charge in [-0.15, -0.1) is 0 Å². The fraction of sp³-hybridized carbons (Fsp3) is 0.533. The van der Waals surface area contributed by atoms with Crippen molar-refractivity contribution in [3.8, 4) is 5.75 Å². The molecule has 1 aliphatic heterocycles. The molecule has 1 amide bonds. The van der Waals surface area contributed by atoms with E-state index in [0.29, 0.717) is 21.6 Å². The number of carbonyl (C=O) groups is 1. The van der Waals surface area contributed by atoms with Crippen molar-refractivity contribution in [1.82, 2.24) is 10.2 Å². The number of amides is 1. The summed E-state index contributed by atoms with van der Waals surface area (Å²) in [6, 6.07) is 3.52. The molecule has 1 atom stereocenters. The van der Waals surface area contributed by atoms with E-state index in [1.165, 1.54) is 0 Å². The molecule has 0 radical (unpaired) electrons. The molecule has 1 heterocycles. The summed E-state index contributed by atoms with van der Waals surface area (Å²) in [5, 5.41) is 22.1. The number of carbonyl (C=O) groups excluding carboxylic acids is 1. The highest BCUT2D eigenvalue weighted by atomic mass is 127. The first-order chi connectivity index (χ1) is 10.5. The molecular formula is C15H20I2N2O3. The van der Waals surface area contributed by atoms with Crippen molar-refractivity contribution in [2.45, 2.75) is 12.8 Å². The van der Waals surface area contributed by atoms with E-state index in [1.54, 1.807) is 6.07 Å². The Kier molecular flexibility index (Phi) is 7.16. The lowest BCUT2D eigenvalue weighted by Crippen LogP contribution is -2.41. The molecule has 22 heavy (non-hydrogen) atoms. The summed E-state index contributed by atoms with van der Waals surface area (Å²) in [5.74, 6) is 0.146. The quantitative estimate of drug-likeness (QED) is 0.510. The van der Waals surface area contributed by atoms with Gasteiger partial charge in [0.05, 0.1) is 9.13 Å². The number of hydrogen-bond acceptors (Lipinski definition) is 4. The maximum Gasteiger partial charge on any atom is 0.255 e. The van der Waals surface area contributed by atoms with Gasteiger partial charge in [0, 0.05) is 29.8 Å². The number of hydrogen-bond donors (Lipinski definition) is 3. The first kappa shape index (κ1) is 18.2. The van der Waals surface area contributed by atoms with Crippen LogP contribution in [0.15, 0.2) is 12.1 Å². The van der Waals surface area contributed by atoms with Crippen molar-refractivity contribution in [3.63, 3.8) is 0 Å². The molecule has 2 rings (SSSR count). The Labute approximate surface area is 157 Å². The third-order valence-electron chi connectivity index (χ3n) is 3.85. The molecule has 0 spiro atoms. The highest BCUT2D eigenvalue weighted by Gasteiger charge is 2.19. The molecule has 0 aromatic heterocycles. The summed E-state index contributed by atoms with van der Waals surface area (Å²) >= 11 is 4.15. The summed E-state index contributed by atoms with van der Waals surface area (Å²) in [6.07, 6.45) is 2.17. The normalized spacial score (nSPS) is 19.1. The fourth-order valence-electron chi connectivity index (χ4n) is 2.67. The number of aliphatic hydroxyl groups is 1. The summed E-state index contributed by atoms with van der Waals surface area (Å²) in [5.41, 5.74) is 0.322. The van der Waals surface area contributed by atoms with Crippen molar-refractivity contribution >= 4 is 51.1 Å². The smallest absolute Gasteiger partial charge is 0.255 e. The molecule has 122 valence electrons. The van der Waals surface area contributed by atoms with Gasteiger partial charge in [0.25, 0.3) is 5.91 Å². The second-order valence-electron chi connectivity index (χ2n) is 5.53. The molecule has 5 nitrogen and oxygen atoms in total. The first-order valence-corrected chi connectivity index (χ1v) is 9.46. The molecule has 7 heteroatoms. The minimum atomic E-state index is -0.246. The van der Waals surface area contributed by atoms with Gasteiger partial charge in [-0.1, -0.05) is 0 Å². The molecule has 1 aliphatic rings. The summed E-state index contributed by atoms with van der Waals surface area (Å²) in [4.78, 5) is 14.5. The zero-order valence-electron chi connectivity index (χ0n) is 12.2. The topological polar surface area (TPSA) is 72.8 Å². The highest BCUT2D eigenvalue weighted by Crippen LogP contribution is 2.26. The average molecular weight is 530 g/mol. The van der Waals surface area contributed by atoms with Crippen molar-refractivity contribution in [3.05, 3.63) is 24.8 Å². The second kappa shape index (κ2) is 8.65. The van der Waals surface area contributed by atoms with Gasteiger partial charge in [0.15, 0.2) is 0 Å². The molecule has 0 bridgehead atoms. The monoisotopic (exact) mass is 530 g/mol. The number of halogens is 2. The Balaban J connectivity index is 1.86. The maximum absolute atomic E-state index is 12.2. The SMILES string of the molecule is O=C(NCCN1CCCC(CO)C1)c1cc(I)cc(I)c1O. The molecule has 1 aromatic rings. The van der Waals surface area contributed by atoms with Crippen LogP contribution in [0.3, 0.4) is 0 Å². The van der Waals surface area contributed by atoms with E-state index >= 15 is 0 Å². The van der Waals surface area contributed by atoms with Crippen LogP contribution >= 0.6 is 45.2 Å². The molecule has 3 N–H and O–H groups in total. The fourth-order valence-corrected chi connectivity index (χ4v) is 4.51. The van der Waals surface area contributed by atoms with Crippen LogP contribution in [0.5, 0.6) is 5.75 Å². The van der Waals surface area contributed by atoms with Gasteiger partial charge in [-0.3, -0.25) is 4.79 Å². The van der Waals surface area contributed by atoms with Crippen LogP contribution in [0.2, 0.25) is 0 Å². The lowest BCUT2D eigenvalue weighted by Gasteiger charge is -2.31. The van der Waals surface area contributed by atoms with E-state index < -0.39 is 0 Å². The molecule has 1 fully saturated rings. The minimum Gasteiger partial charge on any atom is -0.506 e. The van der Waals surface area contributed by atoms with Crippen LogP contribution in [0.1, 0.15) is 23.2 Å². The number of aromatic hydroxyl groups is 1. The van der Waals surface area contributed by atoms with Crippen molar-refractivity contribution in [2.75, 3.05) is 32.8 Å². The standard InChI is InChI=1S/C15H20I2N2O3/c16-11-6-12(14(21)13(17)7-11)15(22)18-3-5-19-4-1-2-10(8-19)9-20/h6-7,10,20-21H,1-5,8-9H2,(H,18,22). The lowest BCUT2D eigenvalue weighted by atomic mass is 9.99. The highest BCUT2D eigenvalue weighted by molar-refractivity contribution is 14.1. The summed E-state index contributed by atoms with van der Waals surface area (Å²) in [7, 11) is 0. The van der Waals surface area contributed by atoms with Crippen LogP contribution < -0.4 is 5.32 Å². The maximum atomic E-state index is 12.2. The number of piperidine rings is 1. The van der Waals surface area contributed by atoms with Crippen LogP contribution in [0.25, 0.3) is 0 Å². The van der Waals surface area contributed by atoms with Gasteiger partial charge in [0.1, 0.15) is 5.75 Å². The summed E-state index contributed by atoms with van der Waals surface area (Å²) < 4.78 is 1.60. The zero-order chi connectivity index (χ0) is 16.1. The predicted octanol–water partition coefficient (Wildman–Crippen LogP) is 2.04. The largest absolute Gasteiger partial charge is 0.506 e.